The van der Waals surface area contributed by atoms with Crippen LogP contribution in [-0.4, -0.2) is 68.5 Å². The molecule has 0 aromatic heterocycles. The Morgan fingerprint density at radius 3 is 1.03 bits per heavy atom. The summed E-state index contributed by atoms with van der Waals surface area (Å²) in [5, 5.41) is 14.0. The van der Waals surface area contributed by atoms with Crippen LogP contribution in [0.15, 0.2) is 134 Å². The van der Waals surface area contributed by atoms with E-state index in [4.69, 9.17) is 9.05 Å². The summed E-state index contributed by atoms with van der Waals surface area (Å²) in [5.74, 6) is -0.224. The summed E-state index contributed by atoms with van der Waals surface area (Å²) in [6.07, 6.45) is 100.0. The van der Waals surface area contributed by atoms with Gasteiger partial charge in [-0.3, -0.25) is 9.36 Å². The number of nitrogens with zero attached hydrogens (tertiary/aromatic N) is 1. The van der Waals surface area contributed by atoms with Crippen molar-refractivity contribution in [3.05, 3.63) is 134 Å². The molecule has 0 spiro atoms. The van der Waals surface area contributed by atoms with Gasteiger partial charge in [-0.2, -0.15) is 0 Å². The molecule has 0 saturated carbocycles. The molecule has 9 heteroatoms. The first-order valence-corrected chi connectivity index (χ1v) is 37.0. The minimum atomic E-state index is -4.62. The first kappa shape index (κ1) is 82.6. The highest BCUT2D eigenvalue weighted by molar-refractivity contribution is 7.45. The van der Waals surface area contributed by atoms with Gasteiger partial charge in [-0.1, -0.05) is 327 Å². The van der Waals surface area contributed by atoms with Gasteiger partial charge < -0.3 is 28.8 Å². The molecular formula is C77H135N2O6P. The van der Waals surface area contributed by atoms with E-state index in [0.29, 0.717) is 17.4 Å². The number of carbonyl (C=O) groups excluding carboxylic acids is 1. The van der Waals surface area contributed by atoms with E-state index in [2.05, 4.69) is 141 Å². The van der Waals surface area contributed by atoms with Crippen molar-refractivity contribution in [3.63, 3.8) is 0 Å². The maximum atomic E-state index is 13.0. The number of aliphatic hydroxyl groups excluding tert-OH is 1. The molecule has 3 unspecified atom stereocenters. The lowest BCUT2D eigenvalue weighted by molar-refractivity contribution is -0.870. The Morgan fingerprint density at radius 2 is 0.709 bits per heavy atom. The van der Waals surface area contributed by atoms with E-state index in [0.717, 1.165) is 116 Å². The third-order valence-electron chi connectivity index (χ3n) is 15.4. The zero-order valence-corrected chi connectivity index (χ0v) is 57.4. The molecule has 2 N–H and O–H groups in total. The predicted octanol–water partition coefficient (Wildman–Crippen LogP) is 22.4. The molecule has 0 radical (unpaired) electrons. The SMILES string of the molecule is CC/C=C\C/C=C\C/C=C\C/C=C\C/C=C\C/C=C\C/C=C\C/C=C\C/C=C\C/C=C\CCCCCCC(=O)NC(COP(=O)([O-])OCC[N+](C)(C)C)C(O)/C=C/CCCCCCCCCCCCCCCCCCCCCCCCCCCCC. The zero-order valence-electron chi connectivity index (χ0n) is 56.5. The molecule has 0 bridgehead atoms. The second kappa shape index (κ2) is 66.1. The van der Waals surface area contributed by atoms with Crippen LogP contribution in [0.3, 0.4) is 0 Å². The number of likely N-dealkylation sites (N-methyl/N-ethyl adjacent to an activating group) is 1. The van der Waals surface area contributed by atoms with Crippen LogP contribution in [-0.2, 0) is 18.4 Å². The van der Waals surface area contributed by atoms with Gasteiger partial charge in [-0.05, 0) is 96.3 Å². The molecule has 86 heavy (non-hydrogen) atoms. The lowest BCUT2D eigenvalue weighted by atomic mass is 10.0. The van der Waals surface area contributed by atoms with E-state index in [1.54, 1.807) is 6.08 Å². The van der Waals surface area contributed by atoms with Crippen LogP contribution in [0.4, 0.5) is 0 Å². The smallest absolute Gasteiger partial charge is 0.268 e. The fourth-order valence-electron chi connectivity index (χ4n) is 9.89. The van der Waals surface area contributed by atoms with E-state index < -0.39 is 26.6 Å². The number of quaternary nitrogens is 1. The van der Waals surface area contributed by atoms with Gasteiger partial charge in [0.05, 0.1) is 39.9 Å². The highest BCUT2D eigenvalue weighted by Crippen LogP contribution is 2.38. The molecule has 0 aliphatic rings. The topological polar surface area (TPSA) is 108 Å². The lowest BCUT2D eigenvalue weighted by Crippen LogP contribution is -2.45. The summed E-state index contributed by atoms with van der Waals surface area (Å²) in [5.41, 5.74) is 0. The lowest BCUT2D eigenvalue weighted by Gasteiger charge is -2.29. The Balaban J connectivity index is 4.20. The van der Waals surface area contributed by atoms with Crippen LogP contribution in [0.2, 0.25) is 0 Å². The van der Waals surface area contributed by atoms with Crippen molar-refractivity contribution in [1.29, 1.82) is 0 Å². The van der Waals surface area contributed by atoms with Crippen molar-refractivity contribution < 1.29 is 32.9 Å². The number of rotatable bonds is 64. The molecule has 0 aromatic carbocycles. The van der Waals surface area contributed by atoms with E-state index in [-0.39, 0.29) is 12.5 Å². The number of phosphoric acid groups is 1. The van der Waals surface area contributed by atoms with Crippen LogP contribution in [0.25, 0.3) is 0 Å². The van der Waals surface area contributed by atoms with Crippen LogP contribution >= 0.6 is 7.82 Å². The second-order valence-electron chi connectivity index (χ2n) is 24.9. The molecule has 0 heterocycles. The number of hydrogen-bond donors (Lipinski definition) is 2. The monoisotopic (exact) mass is 1220 g/mol. The van der Waals surface area contributed by atoms with E-state index in [9.17, 15) is 19.4 Å². The van der Waals surface area contributed by atoms with Gasteiger partial charge in [0.25, 0.3) is 7.82 Å². The number of aliphatic hydroxyl groups is 1. The largest absolute Gasteiger partial charge is 0.756 e. The number of allylic oxidation sites excluding steroid dienone is 21. The summed E-state index contributed by atoms with van der Waals surface area (Å²) in [6, 6.07) is -0.913. The Labute approximate surface area is 532 Å². The molecule has 0 fully saturated rings. The third-order valence-corrected chi connectivity index (χ3v) is 16.3. The van der Waals surface area contributed by atoms with Gasteiger partial charge in [-0.15, -0.1) is 0 Å². The molecule has 3 atom stereocenters. The van der Waals surface area contributed by atoms with Gasteiger partial charge >= 0.3 is 0 Å². The summed E-state index contributed by atoms with van der Waals surface area (Å²) in [7, 11) is 1.23. The van der Waals surface area contributed by atoms with Crippen LogP contribution in [0.5, 0.6) is 0 Å². The number of nitrogens with one attached hydrogen (secondary N) is 1. The van der Waals surface area contributed by atoms with Gasteiger partial charge in [0, 0.05) is 6.42 Å². The average Bonchev–Trinajstić information content (AvgIpc) is 3.70. The molecule has 0 aliphatic heterocycles. The van der Waals surface area contributed by atoms with Crippen LogP contribution < -0.4 is 10.2 Å². The molecule has 0 saturated heterocycles. The van der Waals surface area contributed by atoms with Crippen molar-refractivity contribution in [1.82, 2.24) is 5.32 Å². The van der Waals surface area contributed by atoms with Gasteiger partial charge in [0.1, 0.15) is 13.2 Å². The van der Waals surface area contributed by atoms with Gasteiger partial charge in [0.15, 0.2) is 0 Å². The predicted molar refractivity (Wildman–Crippen MR) is 375 cm³/mol. The second-order valence-corrected chi connectivity index (χ2v) is 26.3. The van der Waals surface area contributed by atoms with Gasteiger partial charge in [0.2, 0.25) is 5.91 Å². The molecule has 0 aromatic rings. The maximum absolute atomic E-state index is 13.0. The van der Waals surface area contributed by atoms with Crippen molar-refractivity contribution >= 4 is 13.7 Å². The first-order chi connectivity index (χ1) is 42.0. The number of phosphoric ester groups is 1. The first-order valence-electron chi connectivity index (χ1n) is 35.5. The summed E-state index contributed by atoms with van der Waals surface area (Å²) in [6.45, 7) is 4.53. The Hall–Kier alpha value is -3.36. The van der Waals surface area contributed by atoms with Crippen LogP contribution in [0, 0.1) is 0 Å². The summed E-state index contributed by atoms with van der Waals surface area (Å²) >= 11 is 0. The van der Waals surface area contributed by atoms with Crippen molar-refractivity contribution in [2.24, 2.45) is 0 Å². The highest BCUT2D eigenvalue weighted by Gasteiger charge is 2.23. The summed E-state index contributed by atoms with van der Waals surface area (Å²) < 4.78 is 23.4. The molecule has 0 aliphatic carbocycles. The standard InChI is InChI=1S/C77H135N2O6P/c1-6-8-10-12-14-16-18-20-22-24-26-28-30-32-34-36-37-38-39-40-41-43-45-47-49-51-53-55-57-59-61-63-65-67-69-71-77(81)78-75(74-85-86(82,83)84-73-72-79(3,4)5)76(80)70-68-66-64-62-60-58-56-54-52-50-48-46-44-42-35-33-31-29-27-25-23-21-19-17-15-13-11-9-7-2/h8,10,14,16,20,22,26,28,32,34,37-38,40-41,45,47,51,53,57,59,68,70,75-76,80H,6-7,9,11-13,15,17-19,21,23-25,27,29-31,33,35-36,39,42-44,46,48-50,52,54-56,58,60-67,69,71-74H2,1-5H3,(H-,78,81,82,83)/b10-8-,16-14-,22-20-,28-26-,34-32-,38-37-,41-40-,47-45-,53-51-,59-57-,70-68+. The minimum absolute atomic E-state index is 0.0130. The third kappa shape index (κ3) is 68.1. The van der Waals surface area contributed by atoms with Crippen molar-refractivity contribution in [2.45, 2.75) is 309 Å². The summed E-state index contributed by atoms with van der Waals surface area (Å²) in [4.78, 5) is 25.6. The minimum Gasteiger partial charge on any atom is -0.756 e. The fourth-order valence-corrected chi connectivity index (χ4v) is 10.6. The normalized spacial score (nSPS) is 14.5. The van der Waals surface area contributed by atoms with Crippen LogP contribution in [0.1, 0.15) is 296 Å². The van der Waals surface area contributed by atoms with E-state index in [1.807, 2.05) is 27.2 Å². The van der Waals surface area contributed by atoms with E-state index in [1.165, 1.54) is 161 Å². The Morgan fingerprint density at radius 1 is 0.419 bits per heavy atom. The Bertz CT molecular complexity index is 1870. The number of amides is 1. The Kier molecular flexibility index (Phi) is 63.5. The molecule has 494 valence electrons. The average molecular weight is 1220 g/mol. The van der Waals surface area contributed by atoms with Crippen molar-refractivity contribution in [2.75, 3.05) is 40.9 Å². The number of hydrogen-bond acceptors (Lipinski definition) is 6. The quantitative estimate of drug-likeness (QED) is 0.0272. The zero-order chi connectivity index (χ0) is 62.6. The number of unbranched alkanes of at least 4 members (excludes halogenated alkanes) is 31. The molecule has 1 amide bonds. The highest BCUT2D eigenvalue weighted by atomic mass is 31.2. The van der Waals surface area contributed by atoms with Crippen molar-refractivity contribution in [3.8, 4) is 0 Å². The van der Waals surface area contributed by atoms with Gasteiger partial charge in [-0.25, -0.2) is 0 Å². The molecular weight excluding hydrogens is 1080 g/mol. The fraction of sp³-hybridized carbons (Fsp3) is 0.701. The molecule has 8 nitrogen and oxygen atoms in total. The maximum Gasteiger partial charge on any atom is 0.268 e. The van der Waals surface area contributed by atoms with E-state index >= 15 is 0 Å². The molecule has 0 rings (SSSR count). The number of carbonyl (C=O) groups is 1.